The van der Waals surface area contributed by atoms with Gasteiger partial charge in [-0.1, -0.05) is 44.9 Å². The zero-order valence-corrected chi connectivity index (χ0v) is 17.3. The molecule has 2 heterocycles. The van der Waals surface area contributed by atoms with Crippen LogP contribution in [0.2, 0.25) is 0 Å². The number of hydrogen-bond donors (Lipinski definition) is 2. The summed E-state index contributed by atoms with van der Waals surface area (Å²) in [5.74, 6) is -0.931. The smallest absolute Gasteiger partial charge is 0.267 e. The van der Waals surface area contributed by atoms with Gasteiger partial charge < -0.3 is 0 Å². The van der Waals surface area contributed by atoms with Crippen LogP contribution in [0.15, 0.2) is 40.5 Å². The van der Waals surface area contributed by atoms with Crippen LogP contribution in [-0.2, 0) is 13.0 Å². The van der Waals surface area contributed by atoms with Crippen LogP contribution < -0.4 is 16.4 Å². The lowest BCUT2D eigenvalue weighted by atomic mass is 10.1. The largest absolute Gasteiger partial charge is 0.290 e. The summed E-state index contributed by atoms with van der Waals surface area (Å²) in [6, 6.07) is 8.77. The van der Waals surface area contributed by atoms with Crippen molar-refractivity contribution in [1.29, 1.82) is 0 Å². The summed E-state index contributed by atoms with van der Waals surface area (Å²) in [5.41, 5.74) is 5.71. The second-order valence-corrected chi connectivity index (χ2v) is 7.58. The standard InChI is InChI=1S/C21H24N4O3S/c1-3-5-8-12-25-21(28)16-10-7-6-9-15(16)17(24-25)19(26)22-23-20(27)18-14(4-2)11-13-29-18/h6-7,9-11,13H,3-5,8,12H2,1-2H3,(H,22,26)(H,23,27). The van der Waals surface area contributed by atoms with Gasteiger partial charge in [0.2, 0.25) is 0 Å². The number of benzene rings is 1. The normalized spacial score (nSPS) is 10.8. The number of fused-ring (bicyclic) bond motifs is 1. The molecule has 0 aliphatic heterocycles. The Hall–Kier alpha value is -3.00. The van der Waals surface area contributed by atoms with Gasteiger partial charge >= 0.3 is 0 Å². The molecule has 0 fully saturated rings. The van der Waals surface area contributed by atoms with Gasteiger partial charge in [-0.3, -0.25) is 25.2 Å². The maximum Gasteiger partial charge on any atom is 0.290 e. The fraction of sp³-hybridized carbons (Fsp3) is 0.333. The number of nitrogens with zero attached hydrogens (tertiary/aromatic N) is 2. The van der Waals surface area contributed by atoms with Crippen LogP contribution in [0.1, 0.15) is 58.8 Å². The minimum absolute atomic E-state index is 0.110. The third kappa shape index (κ3) is 4.54. The van der Waals surface area contributed by atoms with Crippen molar-refractivity contribution >= 4 is 33.9 Å². The highest BCUT2D eigenvalue weighted by Gasteiger charge is 2.18. The number of amides is 2. The molecule has 0 unspecified atom stereocenters. The lowest BCUT2D eigenvalue weighted by Crippen LogP contribution is -2.42. The molecular weight excluding hydrogens is 388 g/mol. The fourth-order valence-electron chi connectivity index (χ4n) is 3.11. The average Bonchev–Trinajstić information content (AvgIpc) is 3.22. The lowest BCUT2D eigenvalue weighted by Gasteiger charge is -2.12. The van der Waals surface area contributed by atoms with Gasteiger partial charge in [-0.25, -0.2) is 4.68 Å². The second-order valence-electron chi connectivity index (χ2n) is 6.67. The molecule has 2 amide bonds. The number of unbranched alkanes of at least 4 members (excludes halogenated alkanes) is 2. The topological polar surface area (TPSA) is 93.1 Å². The van der Waals surface area contributed by atoms with E-state index in [0.717, 1.165) is 31.2 Å². The molecule has 1 aromatic carbocycles. The Balaban J connectivity index is 1.85. The highest BCUT2D eigenvalue weighted by Crippen LogP contribution is 2.17. The van der Waals surface area contributed by atoms with Crippen LogP contribution in [-0.4, -0.2) is 21.6 Å². The zero-order chi connectivity index (χ0) is 20.8. The predicted molar refractivity (Wildman–Crippen MR) is 114 cm³/mol. The Morgan fingerprint density at radius 1 is 1.03 bits per heavy atom. The number of aryl methyl sites for hydroxylation is 2. The van der Waals surface area contributed by atoms with Crippen molar-refractivity contribution in [2.45, 2.75) is 46.1 Å². The maximum atomic E-state index is 12.8. The van der Waals surface area contributed by atoms with E-state index in [2.05, 4.69) is 22.9 Å². The van der Waals surface area contributed by atoms with Gasteiger partial charge in [0.15, 0.2) is 5.69 Å². The number of hydrogen-bond acceptors (Lipinski definition) is 5. The van der Waals surface area contributed by atoms with E-state index in [0.29, 0.717) is 22.2 Å². The Morgan fingerprint density at radius 3 is 2.48 bits per heavy atom. The molecule has 8 heteroatoms. The average molecular weight is 413 g/mol. The monoisotopic (exact) mass is 412 g/mol. The zero-order valence-electron chi connectivity index (χ0n) is 16.5. The first-order valence-electron chi connectivity index (χ1n) is 9.73. The highest BCUT2D eigenvalue weighted by molar-refractivity contribution is 7.12. The summed E-state index contributed by atoms with van der Waals surface area (Å²) in [5, 5.41) is 7.03. The molecule has 152 valence electrons. The maximum absolute atomic E-state index is 12.8. The number of nitrogens with one attached hydrogen (secondary N) is 2. The molecule has 2 N–H and O–H groups in total. The summed E-state index contributed by atoms with van der Waals surface area (Å²) in [6.45, 7) is 4.49. The molecule has 0 atom stereocenters. The fourth-order valence-corrected chi connectivity index (χ4v) is 4.00. The van der Waals surface area contributed by atoms with Crippen LogP contribution in [0, 0.1) is 0 Å². The Morgan fingerprint density at radius 2 is 1.76 bits per heavy atom. The molecule has 0 aliphatic rings. The Kier molecular flexibility index (Phi) is 6.77. The predicted octanol–water partition coefficient (Wildman–Crippen LogP) is 3.29. The van der Waals surface area contributed by atoms with Gasteiger partial charge in [0.1, 0.15) is 0 Å². The van der Waals surface area contributed by atoms with Crippen molar-refractivity contribution in [2.24, 2.45) is 0 Å². The quantitative estimate of drug-likeness (QED) is 0.460. The molecule has 3 rings (SSSR count). The Bertz CT molecular complexity index is 1090. The highest BCUT2D eigenvalue weighted by atomic mass is 32.1. The summed E-state index contributed by atoms with van der Waals surface area (Å²) >= 11 is 1.32. The third-order valence-corrected chi connectivity index (χ3v) is 5.64. The second kappa shape index (κ2) is 9.47. The van der Waals surface area contributed by atoms with Gasteiger partial charge in [-0.15, -0.1) is 11.3 Å². The third-order valence-electron chi connectivity index (χ3n) is 4.68. The summed E-state index contributed by atoms with van der Waals surface area (Å²) in [4.78, 5) is 38.4. The molecule has 2 aromatic heterocycles. The van der Waals surface area contributed by atoms with Crippen molar-refractivity contribution in [3.8, 4) is 0 Å². The van der Waals surface area contributed by atoms with Gasteiger partial charge in [0.05, 0.1) is 10.3 Å². The SMILES string of the molecule is CCCCCn1nc(C(=O)NNC(=O)c2sccc2CC)c2ccccc2c1=O. The molecule has 3 aromatic rings. The van der Waals surface area contributed by atoms with Crippen LogP contribution in [0.25, 0.3) is 10.8 Å². The van der Waals surface area contributed by atoms with Crippen LogP contribution >= 0.6 is 11.3 Å². The van der Waals surface area contributed by atoms with Gasteiger partial charge in [0, 0.05) is 11.9 Å². The van der Waals surface area contributed by atoms with E-state index in [1.807, 2.05) is 18.4 Å². The molecule has 0 aliphatic carbocycles. The van der Waals surface area contributed by atoms with Crippen molar-refractivity contribution in [3.05, 3.63) is 62.2 Å². The number of thiophene rings is 1. The van der Waals surface area contributed by atoms with E-state index < -0.39 is 5.91 Å². The van der Waals surface area contributed by atoms with Crippen molar-refractivity contribution < 1.29 is 9.59 Å². The minimum atomic E-state index is -0.562. The molecule has 7 nitrogen and oxygen atoms in total. The van der Waals surface area contributed by atoms with E-state index in [9.17, 15) is 14.4 Å². The van der Waals surface area contributed by atoms with Crippen LogP contribution in [0.4, 0.5) is 0 Å². The van der Waals surface area contributed by atoms with E-state index in [1.165, 1.54) is 16.0 Å². The van der Waals surface area contributed by atoms with Gasteiger partial charge in [-0.2, -0.15) is 5.10 Å². The number of hydrazine groups is 1. The number of carbonyl (C=O) groups is 2. The minimum Gasteiger partial charge on any atom is -0.267 e. The molecule has 0 saturated heterocycles. The number of aromatic nitrogens is 2. The molecule has 0 saturated carbocycles. The van der Waals surface area contributed by atoms with Crippen LogP contribution in [0.5, 0.6) is 0 Å². The van der Waals surface area contributed by atoms with Crippen LogP contribution in [0.3, 0.4) is 0 Å². The van der Waals surface area contributed by atoms with Crippen molar-refractivity contribution in [3.63, 3.8) is 0 Å². The molecule has 0 bridgehead atoms. The van der Waals surface area contributed by atoms with E-state index >= 15 is 0 Å². The van der Waals surface area contributed by atoms with E-state index in [1.54, 1.807) is 24.3 Å². The summed E-state index contributed by atoms with van der Waals surface area (Å²) < 4.78 is 1.34. The number of rotatable bonds is 7. The van der Waals surface area contributed by atoms with E-state index in [-0.39, 0.29) is 17.2 Å². The molecule has 29 heavy (non-hydrogen) atoms. The first-order valence-corrected chi connectivity index (χ1v) is 10.6. The first kappa shape index (κ1) is 20.7. The summed E-state index contributed by atoms with van der Waals surface area (Å²) in [7, 11) is 0. The lowest BCUT2D eigenvalue weighted by molar-refractivity contribution is 0.0845. The van der Waals surface area contributed by atoms with Crippen molar-refractivity contribution in [2.75, 3.05) is 0 Å². The van der Waals surface area contributed by atoms with Gasteiger partial charge in [0.25, 0.3) is 17.4 Å². The molecule has 0 radical (unpaired) electrons. The molecular formula is C21H24N4O3S. The summed E-state index contributed by atoms with van der Waals surface area (Å²) in [6.07, 6.45) is 3.52. The number of carbonyl (C=O) groups excluding carboxylic acids is 2. The Labute approximate surface area is 172 Å². The van der Waals surface area contributed by atoms with Crippen molar-refractivity contribution in [1.82, 2.24) is 20.6 Å². The van der Waals surface area contributed by atoms with E-state index in [4.69, 9.17) is 0 Å². The first-order chi connectivity index (χ1) is 14.1. The van der Waals surface area contributed by atoms with Gasteiger partial charge in [-0.05, 0) is 35.9 Å². The molecule has 0 spiro atoms.